The molecule has 0 amide bonds. The molecule has 14 heavy (non-hydrogen) atoms. The molecule has 0 aliphatic carbocycles. The van der Waals surface area contributed by atoms with Crippen molar-refractivity contribution in [2.45, 2.75) is 19.4 Å². The van der Waals surface area contributed by atoms with Gasteiger partial charge in [0.05, 0.1) is 37.4 Å². The summed E-state index contributed by atoms with van der Waals surface area (Å²) in [5.74, 6) is -4.60. The van der Waals surface area contributed by atoms with Gasteiger partial charge in [0.2, 0.25) is 0 Å². The lowest BCUT2D eigenvalue weighted by atomic mass is 10.2. The van der Waals surface area contributed by atoms with E-state index in [9.17, 15) is 14.7 Å². The first-order chi connectivity index (χ1) is 11.9. The van der Waals surface area contributed by atoms with Crippen molar-refractivity contribution in [3.05, 3.63) is 0 Å². The summed E-state index contributed by atoms with van der Waals surface area (Å²) in [5.41, 5.74) is 0. The van der Waals surface area contributed by atoms with E-state index in [0.717, 1.165) is 0 Å². The van der Waals surface area contributed by atoms with Crippen molar-refractivity contribution >= 4 is 11.9 Å². The Hall–Kier alpha value is -1.10. The molecule has 0 aromatic carbocycles. The zero-order valence-electron chi connectivity index (χ0n) is 21.1. The van der Waals surface area contributed by atoms with E-state index in [4.69, 9.17) is 19.2 Å². The molecule has 0 unspecified atom stereocenters. The van der Waals surface area contributed by atoms with Gasteiger partial charge >= 0.3 is 5.97 Å². The van der Waals surface area contributed by atoms with Crippen molar-refractivity contribution in [3.8, 4) is 0 Å². The van der Waals surface area contributed by atoms with Gasteiger partial charge in [-0.25, -0.2) is 0 Å². The highest BCUT2D eigenvalue weighted by atomic mass is 16.5. The van der Waals surface area contributed by atoms with E-state index in [1.54, 1.807) is 0 Å². The average Bonchev–Trinajstić information content (AvgIpc) is 2.30. The number of carbonyl (C=O) groups excluding carboxylic acids is 2. The Labute approximate surface area is 104 Å². The van der Waals surface area contributed by atoms with Gasteiger partial charge in [0.25, 0.3) is 0 Å². The molecule has 0 bridgehead atoms. The van der Waals surface area contributed by atoms with Crippen LogP contribution < -0.4 is 5.11 Å². The molecule has 0 aliphatic heterocycles. The van der Waals surface area contributed by atoms with Gasteiger partial charge in [0.15, 0.2) is 6.08 Å². The third-order valence-corrected chi connectivity index (χ3v) is 0.731. The number of quaternary nitrogens is 1. The van der Waals surface area contributed by atoms with Crippen molar-refractivity contribution in [1.29, 1.82) is 0 Å². The zero-order chi connectivity index (χ0) is 23.4. The predicted octanol–water partition coefficient (Wildman–Crippen LogP) is -1.24. The number of esters is 1. The predicted molar refractivity (Wildman–Crippen MR) is 48.1 cm³/mol. The molecule has 0 heterocycles. The number of carboxylic acids is 1. The Kier molecular flexibility index (Phi) is 0.963. The second-order valence-corrected chi connectivity index (χ2v) is 2.12. The van der Waals surface area contributed by atoms with Crippen LogP contribution in [0.2, 0.25) is 0 Å². The second-order valence-electron chi connectivity index (χ2n) is 2.12. The Morgan fingerprint density at radius 1 is 1.64 bits per heavy atom. The Balaban J connectivity index is 7.64. The molecule has 0 aliphatic rings. The molecule has 0 saturated heterocycles. The van der Waals surface area contributed by atoms with Gasteiger partial charge in [-0.1, -0.05) is 0 Å². The van der Waals surface area contributed by atoms with Crippen LogP contribution in [-0.2, 0) is 14.3 Å². The normalized spacial score (nSPS) is 35.2. The standard InChI is InChI=1S/C9H17NO4/c1-7(11)14-8(5-9(12)13)6-10(2,3)4/h8H,5-6H2,1-4H3/t8-/m0/s1/i2D3,3D3,4D3,5D2,6D2,8D. The first-order valence-electron chi connectivity index (χ1n) is 10.2. The van der Waals surface area contributed by atoms with E-state index in [1.807, 2.05) is 0 Å². The van der Waals surface area contributed by atoms with Gasteiger partial charge in [0.1, 0.15) is 6.50 Å². The number of nitrogens with zero attached hydrogens (tertiary/aromatic N) is 1. The number of hydrogen-bond acceptors (Lipinski definition) is 4. The van der Waals surface area contributed by atoms with Gasteiger partial charge in [-0.2, -0.15) is 0 Å². The number of likely N-dealkylation sites (N-methyl/N-ethyl adjacent to an activating group) is 1. The molecule has 1 atom stereocenters. The van der Waals surface area contributed by atoms with Crippen molar-refractivity contribution in [1.82, 2.24) is 0 Å². The molecule has 0 radical (unpaired) electrons. The third-order valence-electron chi connectivity index (χ3n) is 0.731. The fourth-order valence-electron chi connectivity index (χ4n) is 0.465. The summed E-state index contributed by atoms with van der Waals surface area (Å²) < 4.78 is 106. The maximum atomic E-state index is 11.3. The van der Waals surface area contributed by atoms with Gasteiger partial charge in [-0.15, -0.1) is 0 Å². The van der Waals surface area contributed by atoms with Crippen molar-refractivity contribution in [2.24, 2.45) is 0 Å². The summed E-state index contributed by atoms with van der Waals surface area (Å²) in [6, 6.07) is 0. The maximum Gasteiger partial charge on any atom is 0.303 e. The quantitative estimate of drug-likeness (QED) is 0.427. The molecule has 0 N–H and O–H groups in total. The van der Waals surface area contributed by atoms with Gasteiger partial charge in [-0.3, -0.25) is 4.79 Å². The van der Waals surface area contributed by atoms with Crippen LogP contribution in [0.5, 0.6) is 0 Å². The Morgan fingerprint density at radius 3 is 2.57 bits per heavy atom. The van der Waals surface area contributed by atoms with Crippen molar-refractivity contribution in [2.75, 3.05) is 27.4 Å². The third kappa shape index (κ3) is 7.54. The van der Waals surface area contributed by atoms with Crippen molar-refractivity contribution < 1.29 is 43.1 Å². The monoisotopic (exact) mass is 217 g/mol. The molecule has 5 heteroatoms. The van der Waals surface area contributed by atoms with E-state index in [-0.39, 0.29) is 0 Å². The van der Waals surface area contributed by atoms with E-state index >= 15 is 0 Å². The molecule has 0 spiro atoms. The first kappa shape index (κ1) is 2.72. The van der Waals surface area contributed by atoms with Crippen LogP contribution in [-0.4, -0.2) is 49.9 Å². The van der Waals surface area contributed by atoms with E-state index in [2.05, 4.69) is 4.74 Å². The zero-order valence-corrected chi connectivity index (χ0v) is 7.08. The van der Waals surface area contributed by atoms with Crippen LogP contribution in [0.3, 0.4) is 0 Å². The lowest BCUT2D eigenvalue weighted by Gasteiger charge is -2.28. The summed E-state index contributed by atoms with van der Waals surface area (Å²) in [4.78, 5) is 22.5. The number of aliphatic carboxylic acids is 1. The number of hydrogen-bond donors (Lipinski definition) is 0. The number of rotatable bonds is 5. The molecule has 0 aromatic rings. The largest absolute Gasteiger partial charge is 0.550 e. The van der Waals surface area contributed by atoms with Crippen LogP contribution in [0.1, 0.15) is 32.5 Å². The summed E-state index contributed by atoms with van der Waals surface area (Å²) >= 11 is 0. The molecule has 0 saturated carbocycles. The first-order valence-corrected chi connectivity index (χ1v) is 3.17. The van der Waals surface area contributed by atoms with Crippen LogP contribution in [0.15, 0.2) is 0 Å². The fourth-order valence-corrected chi connectivity index (χ4v) is 0.465. The summed E-state index contributed by atoms with van der Waals surface area (Å²) in [6.07, 6.45) is -8.89. The molecule has 82 valence electrons. The number of carboxylic acid groups (broad SMARTS) is 1. The summed E-state index contributed by atoms with van der Waals surface area (Å²) in [7, 11) is 0. The molecule has 0 rings (SSSR count). The van der Waals surface area contributed by atoms with E-state index < -0.39 is 56.3 Å². The molecule has 0 fully saturated rings. The van der Waals surface area contributed by atoms with Crippen LogP contribution in [0.4, 0.5) is 0 Å². The van der Waals surface area contributed by atoms with Gasteiger partial charge in [-0.05, 0) is 0 Å². The Morgan fingerprint density at radius 2 is 2.21 bits per heavy atom. The number of ether oxygens (including phenoxy) is 1. The molecular formula is C9H17NO4. The fraction of sp³-hybridized carbons (Fsp3) is 0.778. The molecule has 5 nitrogen and oxygen atoms in total. The second kappa shape index (κ2) is 4.95. The minimum Gasteiger partial charge on any atom is -0.550 e. The maximum absolute atomic E-state index is 11.3. The highest BCUT2D eigenvalue weighted by Gasteiger charge is 2.20. The van der Waals surface area contributed by atoms with E-state index in [0.29, 0.717) is 6.92 Å². The van der Waals surface area contributed by atoms with Crippen molar-refractivity contribution in [3.63, 3.8) is 0 Å². The van der Waals surface area contributed by atoms with Crippen LogP contribution in [0.25, 0.3) is 0 Å². The van der Waals surface area contributed by atoms with E-state index in [1.165, 1.54) is 0 Å². The lowest BCUT2D eigenvalue weighted by Crippen LogP contribution is -2.45. The Bertz CT molecular complexity index is 598. The number of carbonyl (C=O) groups is 2. The SMILES string of the molecule is [2H]C([2H])(C(=O)[O-])[C@]([2H])(OC(C)=O)C([2H])([2H])[N+](C([2H])([2H])[2H])(C([2H])([2H])[2H])C([2H])([2H])[2H]. The topological polar surface area (TPSA) is 66.4 Å². The highest BCUT2D eigenvalue weighted by molar-refractivity contribution is 5.68. The minimum atomic E-state index is -4.70. The van der Waals surface area contributed by atoms with Gasteiger partial charge < -0.3 is 19.1 Å². The van der Waals surface area contributed by atoms with Crippen LogP contribution in [0, 0.1) is 0 Å². The van der Waals surface area contributed by atoms with Gasteiger partial charge in [0, 0.05) is 22.0 Å². The minimum absolute atomic E-state index is 0.458. The average molecular weight is 217 g/mol. The molecular weight excluding hydrogens is 186 g/mol. The smallest absolute Gasteiger partial charge is 0.303 e. The summed E-state index contributed by atoms with van der Waals surface area (Å²) in [5, 5.41) is 11.2. The summed E-state index contributed by atoms with van der Waals surface area (Å²) in [6.45, 7) is -17.3. The molecule has 0 aromatic heterocycles. The lowest BCUT2D eigenvalue weighted by molar-refractivity contribution is -0.873. The highest BCUT2D eigenvalue weighted by Crippen LogP contribution is 2.04. The van der Waals surface area contributed by atoms with Crippen LogP contribution >= 0.6 is 0 Å².